The molecule has 1 N–H and O–H groups in total. The molecule has 2 atom stereocenters. The smallest absolute Gasteiger partial charge is 0.323 e. The molecular formula is C14H26N2O3. The molecule has 2 heterocycles. The van der Waals surface area contributed by atoms with E-state index >= 15 is 0 Å². The van der Waals surface area contributed by atoms with Gasteiger partial charge in [-0.25, -0.2) is 0 Å². The largest absolute Gasteiger partial charge is 0.464 e. The second-order valence-electron chi connectivity index (χ2n) is 6.00. The molecule has 0 aromatic rings. The molecule has 19 heavy (non-hydrogen) atoms. The minimum absolute atomic E-state index is 0.0320. The van der Waals surface area contributed by atoms with Crippen molar-refractivity contribution in [1.29, 1.82) is 0 Å². The van der Waals surface area contributed by atoms with Crippen LogP contribution in [0.1, 0.15) is 26.2 Å². The third kappa shape index (κ3) is 4.16. The van der Waals surface area contributed by atoms with Crippen LogP contribution in [0.15, 0.2) is 0 Å². The summed E-state index contributed by atoms with van der Waals surface area (Å²) in [5.74, 6) is 0.595. The lowest BCUT2D eigenvalue weighted by Crippen LogP contribution is -2.43. The zero-order valence-electron chi connectivity index (χ0n) is 12.0. The number of carbonyl (C=O) groups is 1. The number of hydrogen-bond acceptors (Lipinski definition) is 5. The monoisotopic (exact) mass is 270 g/mol. The molecule has 0 bridgehead atoms. The maximum atomic E-state index is 11.5. The van der Waals surface area contributed by atoms with E-state index in [2.05, 4.69) is 9.80 Å². The number of nitrogens with zero attached hydrogens (tertiary/aromatic N) is 2. The topological polar surface area (TPSA) is 53.0 Å². The van der Waals surface area contributed by atoms with Crippen molar-refractivity contribution in [2.45, 2.75) is 38.3 Å². The van der Waals surface area contributed by atoms with E-state index in [0.717, 1.165) is 45.4 Å². The number of cyclic esters (lactones) is 1. The number of hydrogen-bond donors (Lipinski definition) is 1. The normalized spacial score (nSPS) is 27.8. The molecule has 0 aromatic heterocycles. The Balaban J connectivity index is 1.71. The Morgan fingerprint density at radius 2 is 2.11 bits per heavy atom. The Morgan fingerprint density at radius 3 is 2.63 bits per heavy atom. The summed E-state index contributed by atoms with van der Waals surface area (Å²) in [5, 5.41) is 9.39. The maximum absolute atomic E-state index is 11.5. The second kappa shape index (κ2) is 6.68. The molecular weight excluding hydrogens is 244 g/mol. The van der Waals surface area contributed by atoms with Gasteiger partial charge >= 0.3 is 5.97 Å². The van der Waals surface area contributed by atoms with Gasteiger partial charge in [-0.2, -0.15) is 0 Å². The molecule has 0 saturated carbocycles. The molecule has 2 aliphatic heterocycles. The quantitative estimate of drug-likeness (QED) is 0.730. The highest BCUT2D eigenvalue weighted by atomic mass is 16.5. The van der Waals surface area contributed by atoms with Gasteiger partial charge in [0.05, 0.1) is 12.7 Å². The summed E-state index contributed by atoms with van der Waals surface area (Å²) in [6, 6.07) is -0.0320. The van der Waals surface area contributed by atoms with E-state index in [-0.39, 0.29) is 18.1 Å². The van der Waals surface area contributed by atoms with E-state index in [1.807, 2.05) is 14.0 Å². The van der Waals surface area contributed by atoms with Crippen LogP contribution >= 0.6 is 0 Å². The zero-order valence-corrected chi connectivity index (χ0v) is 12.0. The maximum Gasteiger partial charge on any atom is 0.323 e. The van der Waals surface area contributed by atoms with Gasteiger partial charge in [0, 0.05) is 19.5 Å². The molecule has 2 fully saturated rings. The van der Waals surface area contributed by atoms with Gasteiger partial charge in [-0.1, -0.05) is 0 Å². The van der Waals surface area contributed by atoms with Gasteiger partial charge in [0.1, 0.15) is 6.04 Å². The molecule has 5 heteroatoms. The van der Waals surface area contributed by atoms with Crippen LogP contribution in [-0.2, 0) is 9.53 Å². The average Bonchev–Trinajstić information content (AvgIpc) is 2.77. The van der Waals surface area contributed by atoms with E-state index in [0.29, 0.717) is 12.5 Å². The van der Waals surface area contributed by atoms with E-state index in [9.17, 15) is 9.90 Å². The first-order valence-electron chi connectivity index (χ1n) is 7.33. The molecule has 2 rings (SSSR count). The minimum atomic E-state index is -0.243. The van der Waals surface area contributed by atoms with Crippen LogP contribution in [0, 0.1) is 5.92 Å². The molecule has 0 spiro atoms. The van der Waals surface area contributed by atoms with Gasteiger partial charge < -0.3 is 14.7 Å². The van der Waals surface area contributed by atoms with E-state index in [1.165, 1.54) is 0 Å². The number of aliphatic hydroxyl groups excluding tert-OH is 1. The molecule has 0 aromatic carbocycles. The number of carbonyl (C=O) groups excluding carboxylic acids is 1. The molecule has 0 amide bonds. The van der Waals surface area contributed by atoms with E-state index in [4.69, 9.17) is 4.74 Å². The molecule has 110 valence electrons. The number of likely N-dealkylation sites (N-methyl/N-ethyl adjacent to an activating group) is 1. The lowest BCUT2D eigenvalue weighted by molar-refractivity contribution is -0.142. The summed E-state index contributed by atoms with van der Waals surface area (Å²) < 4.78 is 5.02. The zero-order chi connectivity index (χ0) is 13.8. The summed E-state index contributed by atoms with van der Waals surface area (Å²) in [5.41, 5.74) is 0. The van der Waals surface area contributed by atoms with Crippen molar-refractivity contribution < 1.29 is 14.6 Å². The third-order valence-corrected chi connectivity index (χ3v) is 4.22. The second-order valence-corrected chi connectivity index (χ2v) is 6.00. The highest BCUT2D eigenvalue weighted by Crippen LogP contribution is 2.21. The number of ether oxygens (including phenoxy) is 1. The van der Waals surface area contributed by atoms with Crippen molar-refractivity contribution in [3.05, 3.63) is 0 Å². The molecule has 0 aliphatic carbocycles. The standard InChI is InChI=1S/C14H26N2O3/c1-11(17)9-16-6-3-12(4-7-16)10-15(2)13-5-8-19-14(13)18/h11-13,17H,3-10H2,1-2H3. The molecule has 2 unspecified atom stereocenters. The van der Waals surface area contributed by atoms with E-state index < -0.39 is 0 Å². The molecule has 5 nitrogen and oxygen atoms in total. The van der Waals surface area contributed by atoms with Crippen molar-refractivity contribution in [1.82, 2.24) is 9.80 Å². The van der Waals surface area contributed by atoms with Crippen LogP contribution in [0.3, 0.4) is 0 Å². The fourth-order valence-electron chi connectivity index (χ4n) is 3.15. The summed E-state index contributed by atoms with van der Waals surface area (Å²) >= 11 is 0. The van der Waals surface area contributed by atoms with Gasteiger partial charge in [0.2, 0.25) is 0 Å². The van der Waals surface area contributed by atoms with Gasteiger partial charge in [-0.3, -0.25) is 9.69 Å². The van der Waals surface area contributed by atoms with Crippen LogP contribution < -0.4 is 0 Å². The number of likely N-dealkylation sites (tertiary alicyclic amines) is 1. The Hall–Kier alpha value is -0.650. The predicted octanol–water partition coefficient (Wildman–Crippen LogP) is 0.327. The highest BCUT2D eigenvalue weighted by molar-refractivity contribution is 5.77. The fourth-order valence-corrected chi connectivity index (χ4v) is 3.15. The molecule has 2 aliphatic rings. The van der Waals surface area contributed by atoms with Crippen molar-refractivity contribution >= 4 is 5.97 Å². The number of esters is 1. The van der Waals surface area contributed by atoms with Gasteiger partial charge in [0.15, 0.2) is 0 Å². The number of piperidine rings is 1. The van der Waals surface area contributed by atoms with Crippen molar-refractivity contribution in [2.75, 3.05) is 39.8 Å². The highest BCUT2D eigenvalue weighted by Gasteiger charge is 2.32. The molecule has 0 radical (unpaired) electrons. The van der Waals surface area contributed by atoms with Crippen LogP contribution in [0.5, 0.6) is 0 Å². The Bertz CT molecular complexity index is 301. The van der Waals surface area contributed by atoms with E-state index in [1.54, 1.807) is 0 Å². The number of aliphatic hydroxyl groups is 1. The predicted molar refractivity (Wildman–Crippen MR) is 72.8 cm³/mol. The first kappa shape index (κ1) is 14.8. The van der Waals surface area contributed by atoms with Crippen LogP contribution in [0.25, 0.3) is 0 Å². The summed E-state index contributed by atoms with van der Waals surface area (Å²) in [6.45, 7) is 6.27. The lowest BCUT2D eigenvalue weighted by atomic mass is 9.95. The summed E-state index contributed by atoms with van der Waals surface area (Å²) in [6.07, 6.45) is 2.89. The number of β-amino-alcohol motifs (C(OH)–C–C–N with tert-alkyl or cyclic N) is 1. The van der Waals surface area contributed by atoms with Gasteiger partial charge in [0.25, 0.3) is 0 Å². The fraction of sp³-hybridized carbons (Fsp3) is 0.929. The van der Waals surface area contributed by atoms with Crippen molar-refractivity contribution in [2.24, 2.45) is 5.92 Å². The van der Waals surface area contributed by atoms with Crippen LogP contribution in [-0.4, -0.2) is 72.9 Å². The van der Waals surface area contributed by atoms with Gasteiger partial charge in [-0.15, -0.1) is 0 Å². The summed E-state index contributed by atoms with van der Waals surface area (Å²) in [7, 11) is 2.03. The first-order chi connectivity index (χ1) is 9.06. The minimum Gasteiger partial charge on any atom is -0.464 e. The number of rotatable bonds is 5. The van der Waals surface area contributed by atoms with Gasteiger partial charge in [-0.05, 0) is 45.8 Å². The van der Waals surface area contributed by atoms with Crippen molar-refractivity contribution in [3.8, 4) is 0 Å². The molecule has 2 saturated heterocycles. The SMILES string of the molecule is CC(O)CN1CCC(CN(C)C2CCOC2=O)CC1. The van der Waals surface area contributed by atoms with Crippen LogP contribution in [0.2, 0.25) is 0 Å². The Morgan fingerprint density at radius 1 is 1.42 bits per heavy atom. The van der Waals surface area contributed by atoms with Crippen LogP contribution in [0.4, 0.5) is 0 Å². The third-order valence-electron chi connectivity index (χ3n) is 4.22. The Labute approximate surface area is 115 Å². The first-order valence-corrected chi connectivity index (χ1v) is 7.33. The lowest BCUT2D eigenvalue weighted by Gasteiger charge is -2.35. The average molecular weight is 270 g/mol. The summed E-state index contributed by atoms with van der Waals surface area (Å²) in [4.78, 5) is 16.0. The van der Waals surface area contributed by atoms with Crippen molar-refractivity contribution in [3.63, 3.8) is 0 Å². The Kier molecular flexibility index (Phi) is 5.19.